The molecule has 1 atom stereocenters. The summed E-state index contributed by atoms with van der Waals surface area (Å²) in [5.41, 5.74) is 2.84. The minimum absolute atomic E-state index is 0.0599. The van der Waals surface area contributed by atoms with Crippen LogP contribution in [0.4, 0.5) is 5.69 Å². The average molecular weight is 302 g/mol. The van der Waals surface area contributed by atoms with E-state index < -0.39 is 0 Å². The largest absolute Gasteiger partial charge is 0.377 e. The molecule has 21 heavy (non-hydrogen) atoms. The van der Waals surface area contributed by atoms with Gasteiger partial charge in [0.15, 0.2) is 0 Å². The summed E-state index contributed by atoms with van der Waals surface area (Å²) in [5.74, 6) is 0.405. The smallest absolute Gasteiger partial charge is 0.251 e. The Bertz CT molecular complexity index is 605. The van der Waals surface area contributed by atoms with Crippen molar-refractivity contribution >= 4 is 22.9 Å². The predicted octanol–water partition coefficient (Wildman–Crippen LogP) is 4.23. The summed E-state index contributed by atoms with van der Waals surface area (Å²) in [6.07, 6.45) is 0. The van der Waals surface area contributed by atoms with Gasteiger partial charge in [0.05, 0.1) is 6.04 Å². The molecule has 4 heteroatoms. The van der Waals surface area contributed by atoms with Crippen molar-refractivity contribution in [3.8, 4) is 0 Å². The first-order valence-electron chi connectivity index (χ1n) is 7.15. The third kappa shape index (κ3) is 3.64. The van der Waals surface area contributed by atoms with E-state index in [9.17, 15) is 4.79 Å². The predicted molar refractivity (Wildman–Crippen MR) is 90.1 cm³/mol. The first-order chi connectivity index (χ1) is 10.0. The van der Waals surface area contributed by atoms with Gasteiger partial charge in [-0.2, -0.15) is 0 Å². The molecular weight excluding hydrogens is 280 g/mol. The van der Waals surface area contributed by atoms with Crippen LogP contribution in [-0.4, -0.2) is 13.0 Å². The molecule has 112 valence electrons. The highest BCUT2D eigenvalue weighted by molar-refractivity contribution is 7.10. The van der Waals surface area contributed by atoms with Gasteiger partial charge in [-0.25, -0.2) is 0 Å². The second-order valence-electron chi connectivity index (χ2n) is 5.49. The van der Waals surface area contributed by atoms with Crippen LogP contribution in [0.5, 0.6) is 0 Å². The minimum Gasteiger partial charge on any atom is -0.377 e. The molecule has 2 N–H and O–H groups in total. The maximum absolute atomic E-state index is 11.8. The van der Waals surface area contributed by atoms with Gasteiger partial charge in [0.2, 0.25) is 0 Å². The number of hydrogen-bond acceptors (Lipinski definition) is 3. The SMILES string of the molecule is CNC(=O)c1ccc(C)c(NC(c2cccs2)C(C)C)c1. The highest BCUT2D eigenvalue weighted by Crippen LogP contribution is 2.31. The average Bonchev–Trinajstić information content (AvgIpc) is 2.99. The third-order valence-corrected chi connectivity index (χ3v) is 4.51. The number of hydrogen-bond donors (Lipinski definition) is 2. The van der Waals surface area contributed by atoms with E-state index >= 15 is 0 Å². The second kappa shape index (κ2) is 6.76. The van der Waals surface area contributed by atoms with Crippen LogP contribution < -0.4 is 10.6 Å². The first-order valence-corrected chi connectivity index (χ1v) is 8.03. The lowest BCUT2D eigenvalue weighted by Crippen LogP contribution is -2.19. The van der Waals surface area contributed by atoms with Crippen molar-refractivity contribution in [2.24, 2.45) is 5.92 Å². The lowest BCUT2D eigenvalue weighted by atomic mass is 10.0. The fraction of sp³-hybridized carbons (Fsp3) is 0.353. The van der Waals surface area contributed by atoms with Gasteiger partial charge in [0.25, 0.3) is 5.91 Å². The van der Waals surface area contributed by atoms with Gasteiger partial charge in [-0.05, 0) is 42.0 Å². The van der Waals surface area contributed by atoms with E-state index in [1.807, 2.05) is 18.2 Å². The van der Waals surface area contributed by atoms with Crippen molar-refractivity contribution in [2.75, 3.05) is 12.4 Å². The van der Waals surface area contributed by atoms with Gasteiger partial charge >= 0.3 is 0 Å². The zero-order chi connectivity index (χ0) is 15.4. The van der Waals surface area contributed by atoms with Crippen LogP contribution in [0.3, 0.4) is 0 Å². The Hall–Kier alpha value is -1.81. The number of benzene rings is 1. The van der Waals surface area contributed by atoms with Crippen molar-refractivity contribution in [3.05, 3.63) is 51.7 Å². The zero-order valence-corrected chi connectivity index (χ0v) is 13.8. The van der Waals surface area contributed by atoms with Crippen LogP contribution in [0.25, 0.3) is 0 Å². The molecule has 0 radical (unpaired) electrons. The quantitative estimate of drug-likeness (QED) is 0.868. The number of aryl methyl sites for hydroxylation is 1. The molecular formula is C17H22N2OS. The molecule has 1 amide bonds. The van der Waals surface area contributed by atoms with E-state index in [4.69, 9.17) is 0 Å². The van der Waals surface area contributed by atoms with Crippen LogP contribution in [0, 0.1) is 12.8 Å². The molecule has 0 bridgehead atoms. The molecule has 0 spiro atoms. The van der Waals surface area contributed by atoms with E-state index in [-0.39, 0.29) is 11.9 Å². The Balaban J connectivity index is 2.30. The molecule has 1 heterocycles. The molecule has 0 saturated carbocycles. The van der Waals surface area contributed by atoms with Gasteiger partial charge < -0.3 is 10.6 Å². The van der Waals surface area contributed by atoms with Crippen molar-refractivity contribution in [1.29, 1.82) is 0 Å². The summed E-state index contributed by atoms with van der Waals surface area (Å²) in [6, 6.07) is 10.2. The Labute approximate surface area is 130 Å². The van der Waals surface area contributed by atoms with E-state index in [1.54, 1.807) is 18.4 Å². The third-order valence-electron chi connectivity index (χ3n) is 3.55. The van der Waals surface area contributed by atoms with E-state index in [0.717, 1.165) is 11.3 Å². The Morgan fingerprint density at radius 1 is 1.24 bits per heavy atom. The number of amides is 1. The van der Waals surface area contributed by atoms with Crippen molar-refractivity contribution < 1.29 is 4.79 Å². The first kappa shape index (κ1) is 15.6. The second-order valence-corrected chi connectivity index (χ2v) is 6.47. The number of rotatable bonds is 5. The van der Waals surface area contributed by atoms with Gasteiger partial charge in [-0.15, -0.1) is 11.3 Å². The summed E-state index contributed by atoms with van der Waals surface area (Å²) < 4.78 is 0. The number of anilines is 1. The lowest BCUT2D eigenvalue weighted by Gasteiger charge is -2.24. The molecule has 1 aromatic heterocycles. The van der Waals surface area contributed by atoms with E-state index in [1.165, 1.54) is 4.88 Å². The van der Waals surface area contributed by atoms with Crippen molar-refractivity contribution in [2.45, 2.75) is 26.8 Å². The molecule has 2 rings (SSSR count). The number of carbonyl (C=O) groups excluding carboxylic acids is 1. The normalized spacial score (nSPS) is 12.2. The highest BCUT2D eigenvalue weighted by atomic mass is 32.1. The Morgan fingerprint density at radius 2 is 2.00 bits per heavy atom. The van der Waals surface area contributed by atoms with Gasteiger partial charge in [-0.3, -0.25) is 4.79 Å². The van der Waals surface area contributed by atoms with Gasteiger partial charge in [0.1, 0.15) is 0 Å². The summed E-state index contributed by atoms with van der Waals surface area (Å²) in [6.45, 7) is 6.46. The monoisotopic (exact) mass is 302 g/mol. The van der Waals surface area contributed by atoms with E-state index in [0.29, 0.717) is 11.5 Å². The fourth-order valence-electron chi connectivity index (χ4n) is 2.27. The summed E-state index contributed by atoms with van der Waals surface area (Å²) in [4.78, 5) is 13.1. The standard InChI is InChI=1S/C17H22N2OS/c1-11(2)16(15-6-5-9-21-15)19-14-10-13(17(20)18-4)8-7-12(14)3/h5-11,16,19H,1-4H3,(H,18,20). The van der Waals surface area contributed by atoms with Crippen LogP contribution in [0.2, 0.25) is 0 Å². The molecule has 0 aliphatic carbocycles. The summed E-state index contributed by atoms with van der Waals surface area (Å²) in [7, 11) is 1.65. The maximum Gasteiger partial charge on any atom is 0.251 e. The summed E-state index contributed by atoms with van der Waals surface area (Å²) in [5, 5.41) is 8.36. The van der Waals surface area contributed by atoms with Crippen LogP contribution >= 0.6 is 11.3 Å². The molecule has 0 aliphatic heterocycles. The molecule has 0 saturated heterocycles. The number of carbonyl (C=O) groups is 1. The minimum atomic E-state index is -0.0599. The van der Waals surface area contributed by atoms with Crippen molar-refractivity contribution in [3.63, 3.8) is 0 Å². The topological polar surface area (TPSA) is 41.1 Å². The Kier molecular flexibility index (Phi) is 5.02. The highest BCUT2D eigenvalue weighted by Gasteiger charge is 2.18. The fourth-order valence-corrected chi connectivity index (χ4v) is 3.21. The number of nitrogens with one attached hydrogen (secondary N) is 2. The van der Waals surface area contributed by atoms with E-state index in [2.05, 4.69) is 48.9 Å². The molecule has 3 nitrogen and oxygen atoms in total. The molecule has 2 aromatic rings. The zero-order valence-electron chi connectivity index (χ0n) is 12.9. The maximum atomic E-state index is 11.8. The van der Waals surface area contributed by atoms with Gasteiger partial charge in [-0.1, -0.05) is 26.0 Å². The van der Waals surface area contributed by atoms with Gasteiger partial charge in [0, 0.05) is 23.2 Å². The van der Waals surface area contributed by atoms with Crippen LogP contribution in [-0.2, 0) is 0 Å². The lowest BCUT2D eigenvalue weighted by molar-refractivity contribution is 0.0963. The molecule has 1 aromatic carbocycles. The molecule has 0 fully saturated rings. The summed E-state index contributed by atoms with van der Waals surface area (Å²) >= 11 is 1.76. The number of thiophene rings is 1. The molecule has 0 aliphatic rings. The van der Waals surface area contributed by atoms with Crippen LogP contribution in [0.15, 0.2) is 35.7 Å². The van der Waals surface area contributed by atoms with Crippen LogP contribution in [0.1, 0.15) is 40.7 Å². The Morgan fingerprint density at radius 3 is 2.57 bits per heavy atom. The molecule has 1 unspecified atom stereocenters. The van der Waals surface area contributed by atoms with Crippen molar-refractivity contribution in [1.82, 2.24) is 5.32 Å².